The Bertz CT molecular complexity index is 2170. The van der Waals surface area contributed by atoms with Gasteiger partial charge in [-0.05, 0) is 110 Å². The molecule has 2 atom stereocenters. The molecule has 230 valence electrons. The van der Waals surface area contributed by atoms with Crippen LogP contribution in [-0.2, 0) is 16.4 Å². The molecule has 0 saturated heterocycles. The molecule has 0 amide bonds. The van der Waals surface area contributed by atoms with Gasteiger partial charge in [0.05, 0.1) is 10.9 Å². The molecule has 0 N–H and O–H groups in total. The molecule has 3 heterocycles. The van der Waals surface area contributed by atoms with Crippen LogP contribution in [0.2, 0.25) is 0 Å². The Morgan fingerprint density at radius 1 is 0.733 bits per heavy atom. The average Bonchev–Trinajstić information content (AvgIpc) is 3.39. The van der Waals surface area contributed by atoms with Gasteiger partial charge in [0.1, 0.15) is 11.1 Å². The fraction of sp³-hybridized carbons (Fsp3) is 0.381. The van der Waals surface area contributed by atoms with Crippen LogP contribution in [0.15, 0.2) is 66.7 Å². The van der Waals surface area contributed by atoms with Crippen molar-refractivity contribution in [3.8, 4) is 22.5 Å². The summed E-state index contributed by atoms with van der Waals surface area (Å²) in [6.45, 7) is 25.4. The molecule has 0 spiro atoms. The molecule has 0 fully saturated rings. The van der Waals surface area contributed by atoms with E-state index in [1.54, 1.807) is 0 Å². The fourth-order valence-electron chi connectivity index (χ4n) is 8.39. The van der Waals surface area contributed by atoms with Crippen molar-refractivity contribution in [2.24, 2.45) is 0 Å². The number of benzene rings is 4. The zero-order valence-electron chi connectivity index (χ0n) is 29.1. The molecule has 45 heavy (non-hydrogen) atoms. The quantitative estimate of drug-likeness (QED) is 0.148. The van der Waals surface area contributed by atoms with Crippen LogP contribution in [0.4, 0.5) is 0 Å². The summed E-state index contributed by atoms with van der Waals surface area (Å²) in [5, 5.41) is 9.49. The van der Waals surface area contributed by atoms with Crippen LogP contribution in [0.25, 0.3) is 49.8 Å². The highest BCUT2D eigenvalue weighted by Gasteiger charge is 2.56. The first kappa shape index (κ1) is 29.7. The first-order chi connectivity index (χ1) is 21.2. The molecule has 0 aliphatic carbocycles. The summed E-state index contributed by atoms with van der Waals surface area (Å²) in [4.78, 5) is 0. The van der Waals surface area contributed by atoms with Crippen molar-refractivity contribution < 1.29 is 4.40 Å². The molecule has 3 nitrogen and oxygen atoms in total. The van der Waals surface area contributed by atoms with E-state index in [1.165, 1.54) is 77.6 Å². The number of rotatable bonds is 3. The van der Waals surface area contributed by atoms with Gasteiger partial charge in [0, 0.05) is 15.9 Å². The van der Waals surface area contributed by atoms with Gasteiger partial charge in [-0.3, -0.25) is 0 Å². The molecule has 0 saturated carbocycles. The average molecular weight is 595 g/mol. The van der Waals surface area contributed by atoms with Crippen LogP contribution in [-0.4, -0.2) is 9.78 Å². The lowest BCUT2D eigenvalue weighted by molar-refractivity contribution is -0.469. The minimum Gasteiger partial charge on any atom is -0.189 e. The molecule has 2 aromatic heterocycles. The van der Waals surface area contributed by atoms with E-state index in [0.717, 1.165) is 18.5 Å². The highest BCUT2D eigenvalue weighted by molar-refractivity contribution is 6.11. The Morgan fingerprint density at radius 2 is 1.42 bits per heavy atom. The third-order valence-corrected chi connectivity index (χ3v) is 11.4. The number of hydrogen-bond donors (Lipinski definition) is 0. The second-order valence-electron chi connectivity index (χ2n) is 15.3. The lowest BCUT2D eigenvalue weighted by atomic mass is 9.61. The van der Waals surface area contributed by atoms with Gasteiger partial charge in [-0.15, -0.1) is 0 Å². The minimum absolute atomic E-state index is 0.0539. The number of nitrogens with zero attached hydrogens (tertiary/aromatic N) is 3. The Hall–Kier alpha value is -3.98. The van der Waals surface area contributed by atoms with E-state index in [9.17, 15) is 0 Å². The number of aryl methyl sites for hydroxylation is 4. The van der Waals surface area contributed by atoms with Gasteiger partial charge in [0.25, 0.3) is 5.82 Å². The van der Waals surface area contributed by atoms with Crippen molar-refractivity contribution in [3.63, 3.8) is 0 Å². The van der Waals surface area contributed by atoms with Gasteiger partial charge in [0.2, 0.25) is 0 Å². The predicted octanol–water partition coefficient (Wildman–Crippen LogP) is 10.6. The van der Waals surface area contributed by atoms with Crippen molar-refractivity contribution in [1.82, 2.24) is 9.78 Å². The lowest BCUT2D eigenvalue weighted by Crippen LogP contribution is -2.53. The fourth-order valence-corrected chi connectivity index (χ4v) is 8.39. The molecule has 1 aliphatic rings. The highest BCUT2D eigenvalue weighted by atomic mass is 15.4. The van der Waals surface area contributed by atoms with Gasteiger partial charge in [-0.1, -0.05) is 105 Å². The van der Waals surface area contributed by atoms with Crippen LogP contribution in [0.1, 0.15) is 94.7 Å². The van der Waals surface area contributed by atoms with E-state index in [2.05, 4.69) is 152 Å². The lowest BCUT2D eigenvalue weighted by Gasteiger charge is -2.46. The maximum Gasteiger partial charge on any atom is 0.315 e. The van der Waals surface area contributed by atoms with Gasteiger partial charge in [-0.2, -0.15) is 4.40 Å². The highest BCUT2D eigenvalue weighted by Crippen LogP contribution is 2.53. The summed E-state index contributed by atoms with van der Waals surface area (Å²) in [6.07, 6.45) is 2.00. The minimum atomic E-state index is -0.222. The maximum absolute atomic E-state index is 5.64. The first-order valence-corrected chi connectivity index (χ1v) is 16.8. The van der Waals surface area contributed by atoms with Crippen LogP contribution in [0.3, 0.4) is 0 Å². The number of fused-ring (bicyclic) bond motifs is 10. The van der Waals surface area contributed by atoms with Crippen molar-refractivity contribution >= 4 is 27.3 Å². The van der Waals surface area contributed by atoms with Crippen molar-refractivity contribution in [3.05, 3.63) is 100 Å². The zero-order chi connectivity index (χ0) is 32.2. The molecule has 1 aliphatic heterocycles. The summed E-state index contributed by atoms with van der Waals surface area (Å²) < 4.78 is 4.91. The van der Waals surface area contributed by atoms with Crippen molar-refractivity contribution in [2.75, 3.05) is 0 Å². The largest absolute Gasteiger partial charge is 0.315 e. The van der Waals surface area contributed by atoms with E-state index in [-0.39, 0.29) is 16.4 Å². The molecule has 0 bridgehead atoms. The Morgan fingerprint density at radius 3 is 2.07 bits per heavy atom. The third-order valence-electron chi connectivity index (χ3n) is 11.4. The van der Waals surface area contributed by atoms with Gasteiger partial charge >= 0.3 is 5.65 Å². The maximum atomic E-state index is 5.64. The van der Waals surface area contributed by atoms with E-state index in [0.29, 0.717) is 0 Å². The van der Waals surface area contributed by atoms with Gasteiger partial charge in [-0.25, -0.2) is 0 Å². The molecule has 6 aromatic rings. The van der Waals surface area contributed by atoms with E-state index >= 15 is 0 Å². The Kier molecular flexibility index (Phi) is 6.44. The summed E-state index contributed by atoms with van der Waals surface area (Å²) in [5.41, 5.74) is 13.8. The smallest absolute Gasteiger partial charge is 0.189 e. The molecular weight excluding hydrogens is 546 g/mol. The number of pyridine rings is 1. The standard InChI is InChI=1S/C42H48N3/c1-12-41(10)35-23-29(30-20-25(3)18-26(4)21-30)14-16-32(35)39-44-36-17-15-31(40(7,8)9)24-33(36)34-22-27(5)19-28(6)37(34)38(44)43-45(39)42(41,11)13-2/h14-24H,12-13H2,1-11H3/q+1. The predicted molar refractivity (Wildman–Crippen MR) is 191 cm³/mol. The Balaban J connectivity index is 1.68. The van der Waals surface area contributed by atoms with E-state index < -0.39 is 0 Å². The SMILES string of the molecule is CCC1(C)c2cc(-c3cc(C)cc(C)c3)ccc2-c2n(nc3c4c(C)cc(C)cc4c4cc(C(C)(C)C)ccc4[n+]23)C1(C)CC. The van der Waals surface area contributed by atoms with Gasteiger partial charge in [0.15, 0.2) is 0 Å². The second-order valence-corrected chi connectivity index (χ2v) is 15.3. The van der Waals surface area contributed by atoms with Crippen LogP contribution in [0, 0.1) is 27.7 Å². The van der Waals surface area contributed by atoms with Crippen LogP contribution >= 0.6 is 0 Å². The Labute approximate surface area is 268 Å². The van der Waals surface area contributed by atoms with Crippen LogP contribution in [0.5, 0.6) is 0 Å². The second kappa shape index (κ2) is 9.76. The van der Waals surface area contributed by atoms with E-state index in [4.69, 9.17) is 5.10 Å². The summed E-state index contributed by atoms with van der Waals surface area (Å²) in [5.74, 6) is 1.19. The number of hydrogen-bond acceptors (Lipinski definition) is 1. The van der Waals surface area contributed by atoms with Crippen LogP contribution < -0.4 is 4.40 Å². The monoisotopic (exact) mass is 594 g/mol. The number of aromatic nitrogens is 3. The topological polar surface area (TPSA) is 21.9 Å². The molecule has 2 unspecified atom stereocenters. The van der Waals surface area contributed by atoms with Gasteiger partial charge < -0.3 is 0 Å². The molecule has 3 heteroatoms. The summed E-state index contributed by atoms with van der Waals surface area (Å²) >= 11 is 0. The first-order valence-electron chi connectivity index (χ1n) is 16.8. The van der Waals surface area contributed by atoms with E-state index in [1.807, 2.05) is 0 Å². The molecular formula is C42H48N3+. The van der Waals surface area contributed by atoms with Crippen molar-refractivity contribution in [1.29, 1.82) is 0 Å². The third kappa shape index (κ3) is 4.08. The normalized spacial score (nSPS) is 19.8. The molecule has 4 aromatic carbocycles. The zero-order valence-corrected chi connectivity index (χ0v) is 29.1. The molecule has 0 radical (unpaired) electrons. The molecule has 7 rings (SSSR count). The summed E-state index contributed by atoms with van der Waals surface area (Å²) in [7, 11) is 0. The summed E-state index contributed by atoms with van der Waals surface area (Å²) in [6, 6.07) is 25.9. The van der Waals surface area contributed by atoms with Crippen molar-refractivity contribution in [2.45, 2.75) is 105 Å².